The van der Waals surface area contributed by atoms with E-state index >= 15 is 0 Å². The molecule has 0 saturated carbocycles. The van der Waals surface area contributed by atoms with E-state index in [1.807, 2.05) is 23.3 Å². The molecule has 0 aliphatic rings. The number of hydrogen-bond acceptors (Lipinski definition) is 4. The zero-order valence-corrected chi connectivity index (χ0v) is 14.7. The fourth-order valence-electron chi connectivity index (χ4n) is 1.86. The van der Waals surface area contributed by atoms with Crippen LogP contribution in [0, 0.1) is 0 Å². The van der Waals surface area contributed by atoms with Crippen LogP contribution in [-0.2, 0) is 6.42 Å². The van der Waals surface area contributed by atoms with Crippen LogP contribution in [0.5, 0.6) is 0 Å². The SMILES string of the molecule is CCCNC(CSc1cccc(Br)c1)Cc1nccs1. The Labute approximate surface area is 137 Å². The van der Waals surface area contributed by atoms with Gasteiger partial charge in [-0.15, -0.1) is 23.1 Å². The Balaban J connectivity index is 1.89. The predicted octanol–water partition coefficient (Wildman–Crippen LogP) is 4.61. The van der Waals surface area contributed by atoms with Gasteiger partial charge >= 0.3 is 0 Å². The summed E-state index contributed by atoms with van der Waals surface area (Å²) >= 11 is 7.16. The van der Waals surface area contributed by atoms with Crippen LogP contribution in [0.3, 0.4) is 0 Å². The third kappa shape index (κ3) is 5.56. The lowest BCUT2D eigenvalue weighted by atomic mass is 10.2. The second-order valence-corrected chi connectivity index (χ2v) is 7.54. The Kier molecular flexibility index (Phi) is 7.07. The van der Waals surface area contributed by atoms with Gasteiger partial charge in [-0.05, 0) is 31.2 Å². The minimum absolute atomic E-state index is 0.477. The number of nitrogens with one attached hydrogen (secondary N) is 1. The number of rotatable bonds is 8. The van der Waals surface area contributed by atoms with Crippen molar-refractivity contribution in [3.63, 3.8) is 0 Å². The molecular formula is C15H19BrN2S2. The molecule has 0 aliphatic heterocycles. The second kappa shape index (κ2) is 8.82. The number of hydrogen-bond donors (Lipinski definition) is 1. The van der Waals surface area contributed by atoms with Crippen molar-refractivity contribution in [2.45, 2.75) is 30.7 Å². The first kappa shape index (κ1) is 16.0. The fourth-order valence-corrected chi connectivity index (χ4v) is 4.12. The third-order valence-corrected chi connectivity index (χ3v) is 5.29. The molecule has 0 radical (unpaired) electrons. The number of thiazole rings is 1. The molecule has 1 aromatic carbocycles. The van der Waals surface area contributed by atoms with Crippen molar-refractivity contribution < 1.29 is 0 Å². The molecule has 1 unspecified atom stereocenters. The monoisotopic (exact) mass is 370 g/mol. The van der Waals surface area contributed by atoms with Gasteiger partial charge in [-0.2, -0.15) is 0 Å². The molecule has 1 heterocycles. The molecule has 2 nitrogen and oxygen atoms in total. The van der Waals surface area contributed by atoms with E-state index in [0.29, 0.717) is 6.04 Å². The van der Waals surface area contributed by atoms with Gasteiger partial charge in [0.25, 0.3) is 0 Å². The van der Waals surface area contributed by atoms with Gasteiger partial charge in [0.05, 0.1) is 5.01 Å². The molecule has 2 rings (SSSR count). The minimum Gasteiger partial charge on any atom is -0.313 e. The molecule has 20 heavy (non-hydrogen) atoms. The highest BCUT2D eigenvalue weighted by molar-refractivity contribution is 9.10. The first-order valence-electron chi connectivity index (χ1n) is 6.78. The Bertz CT molecular complexity index is 502. The summed E-state index contributed by atoms with van der Waals surface area (Å²) in [6.07, 6.45) is 4.06. The molecule has 108 valence electrons. The van der Waals surface area contributed by atoms with Crippen LogP contribution >= 0.6 is 39.0 Å². The molecule has 0 saturated heterocycles. The number of halogens is 1. The summed E-state index contributed by atoms with van der Waals surface area (Å²) in [5.74, 6) is 1.07. The Morgan fingerprint density at radius 1 is 1.45 bits per heavy atom. The van der Waals surface area contributed by atoms with E-state index in [2.05, 4.69) is 57.4 Å². The molecule has 1 N–H and O–H groups in total. The maximum absolute atomic E-state index is 4.39. The van der Waals surface area contributed by atoms with E-state index in [1.165, 1.54) is 9.90 Å². The smallest absolute Gasteiger partial charge is 0.0940 e. The molecule has 0 fully saturated rings. The van der Waals surface area contributed by atoms with E-state index < -0.39 is 0 Å². The summed E-state index contributed by atoms with van der Waals surface area (Å²) in [5, 5.41) is 6.89. The molecule has 1 aromatic heterocycles. The largest absolute Gasteiger partial charge is 0.313 e. The van der Waals surface area contributed by atoms with E-state index in [1.54, 1.807) is 11.3 Å². The molecule has 0 bridgehead atoms. The lowest BCUT2D eigenvalue weighted by Crippen LogP contribution is -2.34. The zero-order valence-electron chi connectivity index (χ0n) is 11.5. The van der Waals surface area contributed by atoms with E-state index in [0.717, 1.165) is 29.6 Å². The van der Waals surface area contributed by atoms with Crippen LogP contribution in [0.4, 0.5) is 0 Å². The van der Waals surface area contributed by atoms with Crippen LogP contribution in [0.2, 0.25) is 0 Å². The maximum Gasteiger partial charge on any atom is 0.0940 e. The Morgan fingerprint density at radius 3 is 3.05 bits per heavy atom. The fraction of sp³-hybridized carbons (Fsp3) is 0.400. The molecule has 2 aromatic rings. The van der Waals surface area contributed by atoms with Crippen molar-refractivity contribution in [3.8, 4) is 0 Å². The average molecular weight is 371 g/mol. The number of thioether (sulfide) groups is 1. The van der Waals surface area contributed by atoms with Gasteiger partial charge in [-0.3, -0.25) is 0 Å². The summed E-state index contributed by atoms with van der Waals surface area (Å²) < 4.78 is 1.14. The van der Waals surface area contributed by atoms with Gasteiger partial charge < -0.3 is 5.32 Å². The van der Waals surface area contributed by atoms with E-state index in [9.17, 15) is 0 Å². The number of aromatic nitrogens is 1. The molecule has 0 aliphatic carbocycles. The van der Waals surface area contributed by atoms with Crippen molar-refractivity contribution >= 4 is 39.0 Å². The lowest BCUT2D eigenvalue weighted by molar-refractivity contribution is 0.549. The van der Waals surface area contributed by atoms with Gasteiger partial charge in [0.2, 0.25) is 0 Å². The van der Waals surface area contributed by atoms with Crippen LogP contribution in [0.1, 0.15) is 18.4 Å². The van der Waals surface area contributed by atoms with Gasteiger partial charge in [0.15, 0.2) is 0 Å². The molecule has 0 spiro atoms. The number of nitrogens with zero attached hydrogens (tertiary/aromatic N) is 1. The van der Waals surface area contributed by atoms with Crippen molar-refractivity contribution in [1.82, 2.24) is 10.3 Å². The average Bonchev–Trinajstić information content (AvgIpc) is 2.95. The van der Waals surface area contributed by atoms with Gasteiger partial charge in [0.1, 0.15) is 0 Å². The summed E-state index contributed by atoms with van der Waals surface area (Å²) in [4.78, 5) is 5.70. The highest BCUT2D eigenvalue weighted by Gasteiger charge is 2.11. The third-order valence-electron chi connectivity index (χ3n) is 2.83. The highest BCUT2D eigenvalue weighted by atomic mass is 79.9. The molecular weight excluding hydrogens is 352 g/mol. The lowest BCUT2D eigenvalue weighted by Gasteiger charge is -2.17. The summed E-state index contributed by atoms with van der Waals surface area (Å²) in [6.45, 7) is 3.27. The topological polar surface area (TPSA) is 24.9 Å². The van der Waals surface area contributed by atoms with Gasteiger partial charge in [-0.1, -0.05) is 28.9 Å². The molecule has 1 atom stereocenters. The summed E-state index contributed by atoms with van der Waals surface area (Å²) in [6, 6.07) is 8.96. The van der Waals surface area contributed by atoms with E-state index in [-0.39, 0.29) is 0 Å². The van der Waals surface area contributed by atoms with Crippen molar-refractivity contribution in [3.05, 3.63) is 45.3 Å². The normalized spacial score (nSPS) is 12.5. The quantitative estimate of drug-likeness (QED) is 0.686. The first-order chi connectivity index (χ1) is 9.78. The van der Waals surface area contributed by atoms with Crippen molar-refractivity contribution in [1.29, 1.82) is 0 Å². The summed E-state index contributed by atoms with van der Waals surface area (Å²) in [7, 11) is 0. The molecule has 5 heteroatoms. The highest BCUT2D eigenvalue weighted by Crippen LogP contribution is 2.23. The van der Waals surface area contributed by atoms with Crippen molar-refractivity contribution in [2.75, 3.05) is 12.3 Å². The Morgan fingerprint density at radius 2 is 2.35 bits per heavy atom. The summed E-state index contributed by atoms with van der Waals surface area (Å²) in [5.41, 5.74) is 0. The van der Waals surface area contributed by atoms with Gasteiger partial charge in [0, 0.05) is 39.2 Å². The predicted molar refractivity (Wildman–Crippen MR) is 92.8 cm³/mol. The van der Waals surface area contributed by atoms with Crippen LogP contribution in [0.15, 0.2) is 45.2 Å². The van der Waals surface area contributed by atoms with Crippen LogP contribution in [-0.4, -0.2) is 23.3 Å². The van der Waals surface area contributed by atoms with E-state index in [4.69, 9.17) is 0 Å². The minimum atomic E-state index is 0.477. The molecule has 0 amide bonds. The van der Waals surface area contributed by atoms with Crippen molar-refractivity contribution in [2.24, 2.45) is 0 Å². The number of benzene rings is 1. The van der Waals surface area contributed by atoms with Crippen LogP contribution < -0.4 is 5.32 Å². The van der Waals surface area contributed by atoms with Gasteiger partial charge in [-0.25, -0.2) is 4.98 Å². The first-order valence-corrected chi connectivity index (χ1v) is 9.44. The maximum atomic E-state index is 4.39. The zero-order chi connectivity index (χ0) is 14.2. The second-order valence-electron chi connectivity index (χ2n) is 4.55. The van der Waals surface area contributed by atoms with Crippen LogP contribution in [0.25, 0.3) is 0 Å². The Hall–Kier alpha value is -0.360. The standard InChI is InChI=1S/C15H19BrN2S2/c1-2-6-17-13(10-15-18-7-8-19-15)11-20-14-5-3-4-12(16)9-14/h3-5,7-9,13,17H,2,6,10-11H2,1H3.